The number of rotatable bonds is 3. The molecule has 0 amide bonds. The summed E-state index contributed by atoms with van der Waals surface area (Å²) in [7, 11) is 0. The van der Waals surface area contributed by atoms with Gasteiger partial charge >= 0.3 is 0 Å². The molecule has 0 nitrogen and oxygen atoms in total. The summed E-state index contributed by atoms with van der Waals surface area (Å²) < 4.78 is 0. The molecule has 0 N–H and O–H groups in total. The van der Waals surface area contributed by atoms with Crippen LogP contribution < -0.4 is 0 Å². The maximum Gasteiger partial charge on any atom is 0.00676 e. The average molecular weight is 131 g/mol. The van der Waals surface area contributed by atoms with E-state index in [-0.39, 0.29) is 0 Å². The van der Waals surface area contributed by atoms with Crippen LogP contribution in [0.5, 0.6) is 0 Å². The molecule has 0 heterocycles. The minimum atomic E-state index is 0.769. The molecule has 0 rings (SSSR count). The molecule has 1 radical (unpaired) electrons. The minimum Gasteiger partial charge on any atom is -0.0938 e. The van der Waals surface area contributed by atoms with Crippen LogP contribution in [0.2, 0.25) is 0 Å². The van der Waals surface area contributed by atoms with Crippen molar-refractivity contribution in [1.29, 1.82) is 0 Å². The van der Waals surface area contributed by atoms with Crippen LogP contribution in [-0.4, -0.2) is 5.75 Å². The lowest BCUT2D eigenvalue weighted by Crippen LogP contribution is -2.08. The van der Waals surface area contributed by atoms with Gasteiger partial charge in [0.05, 0.1) is 0 Å². The predicted molar refractivity (Wildman–Crippen MR) is 41.1 cm³/mol. The van der Waals surface area contributed by atoms with Crippen LogP contribution in [0.3, 0.4) is 0 Å². The molecule has 0 aliphatic rings. The zero-order valence-corrected chi connectivity index (χ0v) is 6.79. The second-order valence-corrected chi connectivity index (χ2v) is 2.91. The van der Waals surface area contributed by atoms with E-state index in [9.17, 15) is 0 Å². The van der Waals surface area contributed by atoms with Gasteiger partial charge in [0.2, 0.25) is 0 Å². The van der Waals surface area contributed by atoms with E-state index in [1.54, 1.807) is 0 Å². The van der Waals surface area contributed by atoms with Gasteiger partial charge in [-0.15, -0.1) is 0 Å². The lowest BCUT2D eigenvalue weighted by Gasteiger charge is -2.14. The van der Waals surface area contributed by atoms with E-state index in [4.69, 9.17) is 12.6 Å². The van der Waals surface area contributed by atoms with Gasteiger partial charge in [-0.25, -0.2) is 0 Å². The molecule has 0 aromatic heterocycles. The SMILES string of the molecule is CCC(C[S])C(C)C. The van der Waals surface area contributed by atoms with E-state index in [1.165, 1.54) is 6.42 Å². The van der Waals surface area contributed by atoms with Crippen molar-refractivity contribution in [2.45, 2.75) is 27.2 Å². The first-order chi connectivity index (χ1) is 3.72. The molecule has 0 bridgehead atoms. The molecule has 0 spiro atoms. The van der Waals surface area contributed by atoms with Crippen molar-refractivity contribution in [2.75, 3.05) is 5.75 Å². The molecule has 8 heavy (non-hydrogen) atoms. The number of hydrogen-bond donors (Lipinski definition) is 0. The summed E-state index contributed by atoms with van der Waals surface area (Å²) in [6.07, 6.45) is 1.24. The molecule has 49 valence electrons. The molecule has 0 aliphatic heterocycles. The van der Waals surface area contributed by atoms with E-state index in [1.807, 2.05) is 0 Å². The fourth-order valence-corrected chi connectivity index (χ4v) is 1.40. The molecule has 0 aromatic rings. The monoisotopic (exact) mass is 131 g/mol. The van der Waals surface area contributed by atoms with Gasteiger partial charge in [0.25, 0.3) is 0 Å². The smallest absolute Gasteiger partial charge is 0.00676 e. The van der Waals surface area contributed by atoms with Crippen LogP contribution in [0.1, 0.15) is 27.2 Å². The van der Waals surface area contributed by atoms with Crippen molar-refractivity contribution in [2.24, 2.45) is 11.8 Å². The van der Waals surface area contributed by atoms with E-state index < -0.39 is 0 Å². The Hall–Kier alpha value is 0.350. The Balaban J connectivity index is 3.35. The normalized spacial score (nSPS) is 14.6. The largest absolute Gasteiger partial charge is 0.0938 e. The Bertz CT molecular complexity index is 46.3. The first kappa shape index (κ1) is 8.35. The summed E-state index contributed by atoms with van der Waals surface area (Å²) in [6.45, 7) is 6.68. The molecule has 1 atom stereocenters. The highest BCUT2D eigenvalue weighted by Crippen LogP contribution is 2.15. The highest BCUT2D eigenvalue weighted by Gasteiger charge is 2.07. The van der Waals surface area contributed by atoms with Crippen LogP contribution in [0.15, 0.2) is 0 Å². The fraction of sp³-hybridized carbons (Fsp3) is 1.00. The van der Waals surface area contributed by atoms with Crippen molar-refractivity contribution in [3.8, 4) is 0 Å². The third kappa shape index (κ3) is 2.61. The minimum absolute atomic E-state index is 0.769. The van der Waals surface area contributed by atoms with Crippen LogP contribution in [0, 0.1) is 11.8 Å². The summed E-state index contributed by atoms with van der Waals surface area (Å²) in [4.78, 5) is 0. The summed E-state index contributed by atoms with van der Waals surface area (Å²) in [6, 6.07) is 0. The van der Waals surface area contributed by atoms with Gasteiger partial charge in [-0.3, -0.25) is 0 Å². The highest BCUT2D eigenvalue weighted by molar-refractivity contribution is 7.80. The Kier molecular flexibility index (Phi) is 4.44. The van der Waals surface area contributed by atoms with Crippen LogP contribution >= 0.6 is 12.6 Å². The molecule has 1 unspecified atom stereocenters. The predicted octanol–water partition coefficient (Wildman–Crippen LogP) is 2.87. The molecule has 0 saturated heterocycles. The Morgan fingerprint density at radius 3 is 1.88 bits per heavy atom. The van der Waals surface area contributed by atoms with Crippen molar-refractivity contribution < 1.29 is 0 Å². The van der Waals surface area contributed by atoms with Crippen LogP contribution in [-0.2, 0) is 0 Å². The molecular weight excluding hydrogens is 116 g/mol. The zero-order chi connectivity index (χ0) is 6.57. The molecular formula is C7H15S. The van der Waals surface area contributed by atoms with Gasteiger partial charge < -0.3 is 0 Å². The van der Waals surface area contributed by atoms with Crippen LogP contribution in [0.4, 0.5) is 0 Å². The summed E-state index contributed by atoms with van der Waals surface area (Å²) in [5, 5.41) is 0. The van der Waals surface area contributed by atoms with Crippen molar-refractivity contribution >= 4 is 12.6 Å². The second-order valence-electron chi connectivity index (χ2n) is 2.58. The van der Waals surface area contributed by atoms with Crippen molar-refractivity contribution in [3.63, 3.8) is 0 Å². The van der Waals surface area contributed by atoms with Gasteiger partial charge in [0.1, 0.15) is 0 Å². The lowest BCUT2D eigenvalue weighted by molar-refractivity contribution is 0.416. The van der Waals surface area contributed by atoms with E-state index >= 15 is 0 Å². The Morgan fingerprint density at radius 2 is 1.88 bits per heavy atom. The summed E-state index contributed by atoms with van der Waals surface area (Å²) in [5.74, 6) is 2.47. The quantitative estimate of drug-likeness (QED) is 0.552. The van der Waals surface area contributed by atoms with Gasteiger partial charge in [-0.2, -0.15) is 0 Å². The van der Waals surface area contributed by atoms with Crippen molar-refractivity contribution in [1.82, 2.24) is 0 Å². The third-order valence-electron chi connectivity index (χ3n) is 1.68. The van der Waals surface area contributed by atoms with E-state index in [2.05, 4.69) is 20.8 Å². The first-order valence-electron chi connectivity index (χ1n) is 3.30. The highest BCUT2D eigenvalue weighted by atomic mass is 32.1. The maximum absolute atomic E-state index is 4.95. The standard InChI is InChI=1S/C7H15S/c1-4-7(5-8)6(2)3/h6-7H,4-5H2,1-3H3. The lowest BCUT2D eigenvalue weighted by atomic mass is 9.96. The summed E-state index contributed by atoms with van der Waals surface area (Å²) in [5.41, 5.74) is 0. The van der Waals surface area contributed by atoms with Gasteiger partial charge in [0, 0.05) is 5.75 Å². The fourth-order valence-electron chi connectivity index (χ4n) is 0.782. The third-order valence-corrected chi connectivity index (χ3v) is 2.11. The molecule has 0 aromatic carbocycles. The molecule has 1 heteroatoms. The van der Waals surface area contributed by atoms with Crippen molar-refractivity contribution in [3.05, 3.63) is 0 Å². The summed E-state index contributed by atoms with van der Waals surface area (Å²) >= 11 is 4.95. The van der Waals surface area contributed by atoms with Gasteiger partial charge in [-0.1, -0.05) is 39.8 Å². The Labute approximate surface area is 58.1 Å². The van der Waals surface area contributed by atoms with Gasteiger partial charge in [-0.05, 0) is 11.8 Å². The Morgan fingerprint density at radius 1 is 1.38 bits per heavy atom. The maximum atomic E-state index is 4.95. The number of hydrogen-bond acceptors (Lipinski definition) is 0. The molecule has 0 aliphatic carbocycles. The second kappa shape index (κ2) is 4.25. The molecule has 0 saturated carbocycles. The van der Waals surface area contributed by atoms with E-state index in [0.717, 1.165) is 17.6 Å². The van der Waals surface area contributed by atoms with E-state index in [0.29, 0.717) is 0 Å². The topological polar surface area (TPSA) is 0 Å². The van der Waals surface area contributed by atoms with Crippen LogP contribution in [0.25, 0.3) is 0 Å². The first-order valence-corrected chi connectivity index (χ1v) is 3.88. The zero-order valence-electron chi connectivity index (χ0n) is 5.98. The van der Waals surface area contributed by atoms with Gasteiger partial charge in [0.15, 0.2) is 0 Å². The molecule has 0 fully saturated rings. The average Bonchev–Trinajstić information content (AvgIpc) is 1.69.